The maximum Gasteiger partial charge on any atom is 0.407 e. The fourth-order valence-electron chi connectivity index (χ4n) is 2.17. The predicted molar refractivity (Wildman–Crippen MR) is 96.7 cm³/mol. The van der Waals surface area contributed by atoms with E-state index in [-0.39, 0.29) is 6.61 Å². The van der Waals surface area contributed by atoms with Gasteiger partial charge in [0.25, 0.3) is 0 Å². The Bertz CT molecular complexity index is 765. The van der Waals surface area contributed by atoms with Crippen LogP contribution < -0.4 is 5.32 Å². The molecule has 0 radical (unpaired) electrons. The SMILES string of the molecule is CCCn1nnnc1COC(=O)c1ccc(CNC(=O)OC(C)(C)C)cc1. The van der Waals surface area contributed by atoms with E-state index in [0.717, 1.165) is 12.0 Å². The number of carbonyl (C=O) groups is 2. The van der Waals surface area contributed by atoms with Crippen molar-refractivity contribution >= 4 is 12.1 Å². The van der Waals surface area contributed by atoms with E-state index < -0.39 is 17.7 Å². The normalized spacial score (nSPS) is 11.1. The maximum atomic E-state index is 12.2. The number of aryl methyl sites for hydroxylation is 1. The zero-order valence-electron chi connectivity index (χ0n) is 16.1. The standard InChI is InChI=1S/C18H25N5O4/c1-5-10-23-15(20-21-22-23)12-26-16(24)14-8-6-13(7-9-14)11-19-17(25)27-18(2,3)4/h6-9H,5,10-12H2,1-4H3,(H,19,25). The highest BCUT2D eigenvalue weighted by atomic mass is 16.6. The third-order valence-corrected chi connectivity index (χ3v) is 3.40. The van der Waals surface area contributed by atoms with E-state index in [1.54, 1.807) is 49.7 Å². The molecule has 1 aromatic heterocycles. The van der Waals surface area contributed by atoms with Crippen LogP contribution in [0.15, 0.2) is 24.3 Å². The van der Waals surface area contributed by atoms with Crippen molar-refractivity contribution in [2.24, 2.45) is 0 Å². The van der Waals surface area contributed by atoms with Crippen molar-refractivity contribution in [2.75, 3.05) is 0 Å². The zero-order chi connectivity index (χ0) is 19.9. The molecule has 2 aromatic rings. The fourth-order valence-corrected chi connectivity index (χ4v) is 2.17. The quantitative estimate of drug-likeness (QED) is 0.741. The van der Waals surface area contributed by atoms with Gasteiger partial charge in [-0.05, 0) is 55.3 Å². The van der Waals surface area contributed by atoms with Crippen molar-refractivity contribution in [1.82, 2.24) is 25.5 Å². The first-order valence-electron chi connectivity index (χ1n) is 8.76. The lowest BCUT2D eigenvalue weighted by Gasteiger charge is -2.19. The van der Waals surface area contributed by atoms with Crippen LogP contribution in [0.1, 0.15) is 55.9 Å². The van der Waals surface area contributed by atoms with Crippen molar-refractivity contribution in [3.05, 3.63) is 41.2 Å². The number of alkyl carbamates (subject to hydrolysis) is 1. The van der Waals surface area contributed by atoms with Gasteiger partial charge in [-0.15, -0.1) is 5.10 Å². The number of esters is 1. The molecule has 0 bridgehead atoms. The number of nitrogens with zero attached hydrogens (tertiary/aromatic N) is 4. The Morgan fingerprint density at radius 3 is 2.52 bits per heavy atom. The van der Waals surface area contributed by atoms with Crippen LogP contribution in [-0.2, 0) is 29.2 Å². The van der Waals surface area contributed by atoms with Gasteiger partial charge in [0.15, 0.2) is 12.4 Å². The number of aromatic nitrogens is 4. The number of nitrogens with one attached hydrogen (secondary N) is 1. The molecule has 0 saturated heterocycles. The molecule has 1 heterocycles. The molecule has 1 aromatic carbocycles. The summed E-state index contributed by atoms with van der Waals surface area (Å²) in [6.45, 7) is 8.38. The first-order chi connectivity index (χ1) is 12.8. The van der Waals surface area contributed by atoms with E-state index >= 15 is 0 Å². The molecule has 0 saturated carbocycles. The number of ether oxygens (including phenoxy) is 2. The van der Waals surface area contributed by atoms with Crippen LogP contribution in [0, 0.1) is 0 Å². The number of tetrazole rings is 1. The van der Waals surface area contributed by atoms with Crippen LogP contribution in [0.25, 0.3) is 0 Å². The second-order valence-corrected chi connectivity index (χ2v) is 6.95. The predicted octanol–water partition coefficient (Wildman–Crippen LogP) is 2.46. The molecule has 0 unspecified atom stereocenters. The summed E-state index contributed by atoms with van der Waals surface area (Å²) < 4.78 is 12.0. The summed E-state index contributed by atoms with van der Waals surface area (Å²) in [7, 11) is 0. The van der Waals surface area contributed by atoms with E-state index in [1.165, 1.54) is 0 Å². The summed E-state index contributed by atoms with van der Waals surface area (Å²) in [5, 5.41) is 13.9. The van der Waals surface area contributed by atoms with Crippen molar-refractivity contribution in [1.29, 1.82) is 0 Å². The molecule has 1 amide bonds. The van der Waals surface area contributed by atoms with Gasteiger partial charge in [0, 0.05) is 13.1 Å². The Morgan fingerprint density at radius 2 is 1.89 bits per heavy atom. The molecule has 0 atom stereocenters. The van der Waals surface area contributed by atoms with Crippen LogP contribution in [0.5, 0.6) is 0 Å². The van der Waals surface area contributed by atoms with Gasteiger partial charge in [0.2, 0.25) is 0 Å². The molecular weight excluding hydrogens is 350 g/mol. The molecule has 0 aliphatic carbocycles. The Balaban J connectivity index is 1.84. The molecule has 1 N–H and O–H groups in total. The van der Waals surface area contributed by atoms with E-state index in [4.69, 9.17) is 9.47 Å². The number of benzene rings is 1. The molecule has 0 aliphatic rings. The second kappa shape index (κ2) is 9.11. The Labute approximate surface area is 158 Å². The lowest BCUT2D eigenvalue weighted by Crippen LogP contribution is -2.32. The average molecular weight is 375 g/mol. The molecule has 9 heteroatoms. The second-order valence-electron chi connectivity index (χ2n) is 6.95. The number of carbonyl (C=O) groups excluding carboxylic acids is 2. The number of amides is 1. The van der Waals surface area contributed by atoms with Gasteiger partial charge in [0.05, 0.1) is 5.56 Å². The molecule has 0 spiro atoms. The van der Waals surface area contributed by atoms with Gasteiger partial charge in [0.1, 0.15) is 5.60 Å². The highest BCUT2D eigenvalue weighted by Crippen LogP contribution is 2.09. The van der Waals surface area contributed by atoms with Crippen LogP contribution in [0.4, 0.5) is 4.79 Å². The maximum absolute atomic E-state index is 12.2. The minimum absolute atomic E-state index is 0.00772. The lowest BCUT2D eigenvalue weighted by molar-refractivity contribution is 0.0454. The Kier molecular flexibility index (Phi) is 6.86. The van der Waals surface area contributed by atoms with Crippen molar-refractivity contribution in [3.8, 4) is 0 Å². The monoisotopic (exact) mass is 375 g/mol. The van der Waals surface area contributed by atoms with Crippen LogP contribution in [-0.4, -0.2) is 37.9 Å². The fraction of sp³-hybridized carbons (Fsp3) is 0.500. The average Bonchev–Trinajstić information content (AvgIpc) is 3.04. The van der Waals surface area contributed by atoms with E-state index in [2.05, 4.69) is 20.8 Å². The minimum Gasteiger partial charge on any atom is -0.454 e. The van der Waals surface area contributed by atoms with Gasteiger partial charge in [-0.3, -0.25) is 0 Å². The highest BCUT2D eigenvalue weighted by Gasteiger charge is 2.16. The summed E-state index contributed by atoms with van der Waals surface area (Å²) in [6.07, 6.45) is 0.390. The Hall–Kier alpha value is -2.97. The van der Waals surface area contributed by atoms with Gasteiger partial charge >= 0.3 is 12.1 Å². The molecule has 0 fully saturated rings. The van der Waals surface area contributed by atoms with Crippen LogP contribution >= 0.6 is 0 Å². The van der Waals surface area contributed by atoms with Gasteiger partial charge in [-0.2, -0.15) is 0 Å². The summed E-state index contributed by atoms with van der Waals surface area (Å²) >= 11 is 0. The first-order valence-corrected chi connectivity index (χ1v) is 8.76. The van der Waals surface area contributed by atoms with Gasteiger partial charge in [-0.1, -0.05) is 19.1 Å². The molecule has 2 rings (SSSR count). The molecule has 0 aliphatic heterocycles. The number of hydrogen-bond acceptors (Lipinski definition) is 7. The lowest BCUT2D eigenvalue weighted by atomic mass is 10.1. The topological polar surface area (TPSA) is 108 Å². The van der Waals surface area contributed by atoms with Crippen LogP contribution in [0.2, 0.25) is 0 Å². The smallest absolute Gasteiger partial charge is 0.407 e. The number of hydrogen-bond donors (Lipinski definition) is 1. The number of rotatable bonds is 7. The summed E-state index contributed by atoms with van der Waals surface area (Å²) in [5.41, 5.74) is 0.698. The summed E-state index contributed by atoms with van der Waals surface area (Å²) in [6, 6.07) is 6.77. The highest BCUT2D eigenvalue weighted by molar-refractivity contribution is 5.89. The summed E-state index contributed by atoms with van der Waals surface area (Å²) in [5.74, 6) is 0.0380. The van der Waals surface area contributed by atoms with E-state index in [1.807, 2.05) is 6.92 Å². The van der Waals surface area contributed by atoms with Crippen LogP contribution in [0.3, 0.4) is 0 Å². The van der Waals surface area contributed by atoms with E-state index in [0.29, 0.717) is 24.5 Å². The van der Waals surface area contributed by atoms with Gasteiger partial charge < -0.3 is 14.8 Å². The molecular formula is C18H25N5O4. The third kappa shape index (κ3) is 6.69. The third-order valence-electron chi connectivity index (χ3n) is 3.40. The molecule has 9 nitrogen and oxygen atoms in total. The molecule has 146 valence electrons. The van der Waals surface area contributed by atoms with Crippen molar-refractivity contribution in [2.45, 2.75) is 59.4 Å². The largest absolute Gasteiger partial charge is 0.454 e. The summed E-state index contributed by atoms with van der Waals surface area (Å²) in [4.78, 5) is 23.8. The molecule has 27 heavy (non-hydrogen) atoms. The van der Waals surface area contributed by atoms with Crippen molar-refractivity contribution in [3.63, 3.8) is 0 Å². The van der Waals surface area contributed by atoms with Gasteiger partial charge in [-0.25, -0.2) is 14.3 Å². The zero-order valence-corrected chi connectivity index (χ0v) is 16.1. The first kappa shape index (κ1) is 20.3. The Morgan fingerprint density at radius 1 is 1.19 bits per heavy atom. The minimum atomic E-state index is -0.547. The van der Waals surface area contributed by atoms with E-state index in [9.17, 15) is 9.59 Å². The van der Waals surface area contributed by atoms with Crippen molar-refractivity contribution < 1.29 is 19.1 Å².